The second-order valence-corrected chi connectivity index (χ2v) is 7.24. The monoisotopic (exact) mass is 367 g/mol. The second-order valence-electron chi connectivity index (χ2n) is 7.24. The molecule has 0 aliphatic heterocycles. The highest BCUT2D eigenvalue weighted by molar-refractivity contribution is 5.88. The first-order valence-electron chi connectivity index (χ1n) is 8.63. The Morgan fingerprint density at radius 3 is 2.59 bits per heavy atom. The molecule has 0 N–H and O–H groups in total. The largest absolute Gasteiger partial charge is 0.496 e. The Morgan fingerprint density at radius 2 is 2.00 bits per heavy atom. The molecule has 0 fully saturated rings. The lowest BCUT2D eigenvalue weighted by molar-refractivity contribution is 0.0577. The summed E-state index contributed by atoms with van der Waals surface area (Å²) in [6, 6.07) is 6.88. The lowest BCUT2D eigenvalue weighted by atomic mass is 10.1. The SMILES string of the molecule is [C-]#[N+]c1cccc(N(Cc2ncc(C)c(OC)c2C)C(=O)OC(C)(C)C)c1. The summed E-state index contributed by atoms with van der Waals surface area (Å²) in [7, 11) is 1.62. The van der Waals surface area contributed by atoms with Crippen LogP contribution in [0.2, 0.25) is 0 Å². The fourth-order valence-electron chi connectivity index (χ4n) is 2.69. The van der Waals surface area contributed by atoms with Gasteiger partial charge in [-0.05, 0) is 46.8 Å². The van der Waals surface area contributed by atoms with Crippen LogP contribution in [0.4, 0.5) is 16.2 Å². The third kappa shape index (κ3) is 4.98. The van der Waals surface area contributed by atoms with Crippen molar-refractivity contribution in [1.29, 1.82) is 0 Å². The van der Waals surface area contributed by atoms with Gasteiger partial charge < -0.3 is 9.47 Å². The van der Waals surface area contributed by atoms with Gasteiger partial charge in [0.2, 0.25) is 0 Å². The zero-order chi connectivity index (χ0) is 20.2. The van der Waals surface area contributed by atoms with Crippen LogP contribution in [-0.4, -0.2) is 23.8 Å². The van der Waals surface area contributed by atoms with Gasteiger partial charge >= 0.3 is 6.09 Å². The fraction of sp³-hybridized carbons (Fsp3) is 0.381. The Labute approximate surface area is 160 Å². The molecule has 2 rings (SSSR count). The number of ether oxygens (including phenoxy) is 2. The van der Waals surface area contributed by atoms with Gasteiger partial charge in [-0.25, -0.2) is 9.64 Å². The maximum atomic E-state index is 12.9. The van der Waals surface area contributed by atoms with Crippen LogP contribution in [0.1, 0.15) is 37.6 Å². The highest BCUT2D eigenvalue weighted by Gasteiger charge is 2.25. The van der Waals surface area contributed by atoms with E-state index in [4.69, 9.17) is 16.0 Å². The number of anilines is 1. The van der Waals surface area contributed by atoms with Crippen LogP contribution in [0.3, 0.4) is 0 Å². The number of hydrogen-bond donors (Lipinski definition) is 0. The molecular weight excluding hydrogens is 342 g/mol. The van der Waals surface area contributed by atoms with Gasteiger partial charge in [-0.2, -0.15) is 0 Å². The molecule has 6 nitrogen and oxygen atoms in total. The topological polar surface area (TPSA) is 56.0 Å². The first-order valence-corrected chi connectivity index (χ1v) is 8.63. The number of amides is 1. The molecule has 0 saturated heterocycles. The summed E-state index contributed by atoms with van der Waals surface area (Å²) in [6.07, 6.45) is 1.23. The van der Waals surface area contributed by atoms with Crippen molar-refractivity contribution in [3.63, 3.8) is 0 Å². The highest BCUT2D eigenvalue weighted by atomic mass is 16.6. The van der Waals surface area contributed by atoms with Crippen LogP contribution in [0, 0.1) is 20.4 Å². The van der Waals surface area contributed by atoms with Crippen molar-refractivity contribution in [2.75, 3.05) is 12.0 Å². The number of rotatable bonds is 4. The second kappa shape index (κ2) is 8.09. The van der Waals surface area contributed by atoms with Crippen molar-refractivity contribution in [3.05, 3.63) is 58.7 Å². The molecule has 0 spiro atoms. The molecule has 0 atom stereocenters. The standard InChI is InChI=1S/C21H25N3O3/c1-14-12-23-18(15(2)19(14)26-7)13-24(20(25)27-21(3,4)5)17-10-8-9-16(11-17)22-6/h8-12H,13H2,1-5,7H3. The van der Waals surface area contributed by atoms with Crippen LogP contribution in [0.15, 0.2) is 30.5 Å². The number of methoxy groups -OCH3 is 1. The minimum absolute atomic E-state index is 0.207. The Morgan fingerprint density at radius 1 is 1.30 bits per heavy atom. The maximum absolute atomic E-state index is 12.9. The molecule has 0 unspecified atom stereocenters. The predicted octanol–water partition coefficient (Wildman–Crippen LogP) is 5.20. The molecule has 0 bridgehead atoms. The van der Waals surface area contributed by atoms with E-state index in [9.17, 15) is 4.79 Å². The van der Waals surface area contributed by atoms with Crippen molar-refractivity contribution in [2.24, 2.45) is 0 Å². The number of benzene rings is 1. The fourth-order valence-corrected chi connectivity index (χ4v) is 2.69. The van der Waals surface area contributed by atoms with Gasteiger partial charge in [-0.3, -0.25) is 9.88 Å². The molecule has 0 saturated carbocycles. The van der Waals surface area contributed by atoms with Crippen molar-refractivity contribution in [1.82, 2.24) is 4.98 Å². The number of aromatic nitrogens is 1. The average Bonchev–Trinajstić information content (AvgIpc) is 2.60. The average molecular weight is 367 g/mol. The van der Waals surface area contributed by atoms with Crippen LogP contribution in [-0.2, 0) is 11.3 Å². The number of hydrogen-bond acceptors (Lipinski definition) is 4. The van der Waals surface area contributed by atoms with Crippen molar-refractivity contribution >= 4 is 17.5 Å². The summed E-state index contributed by atoms with van der Waals surface area (Å²) in [5.41, 5.74) is 2.90. The maximum Gasteiger partial charge on any atom is 0.415 e. The lowest BCUT2D eigenvalue weighted by Gasteiger charge is -2.28. The zero-order valence-corrected chi connectivity index (χ0v) is 16.7. The van der Waals surface area contributed by atoms with E-state index < -0.39 is 11.7 Å². The molecule has 142 valence electrons. The van der Waals surface area contributed by atoms with E-state index in [1.54, 1.807) is 37.6 Å². The summed E-state index contributed by atoms with van der Waals surface area (Å²) in [5, 5.41) is 0. The molecule has 1 heterocycles. The third-order valence-corrected chi connectivity index (χ3v) is 3.94. The number of carbonyl (C=O) groups excluding carboxylic acids is 1. The van der Waals surface area contributed by atoms with Crippen LogP contribution >= 0.6 is 0 Å². The molecule has 1 aromatic carbocycles. The van der Waals surface area contributed by atoms with E-state index in [2.05, 4.69) is 9.83 Å². The van der Waals surface area contributed by atoms with Gasteiger partial charge in [0.15, 0.2) is 5.69 Å². The van der Waals surface area contributed by atoms with Crippen molar-refractivity contribution in [2.45, 2.75) is 46.8 Å². The van der Waals surface area contributed by atoms with E-state index >= 15 is 0 Å². The lowest BCUT2D eigenvalue weighted by Crippen LogP contribution is -2.37. The Balaban J connectivity index is 2.47. The minimum atomic E-state index is -0.639. The molecule has 0 radical (unpaired) electrons. The van der Waals surface area contributed by atoms with E-state index in [1.807, 2.05) is 34.6 Å². The molecule has 1 aromatic heterocycles. The smallest absolute Gasteiger partial charge is 0.415 e. The zero-order valence-electron chi connectivity index (χ0n) is 16.7. The van der Waals surface area contributed by atoms with E-state index in [0.29, 0.717) is 17.1 Å². The normalized spacial score (nSPS) is 10.9. The summed E-state index contributed by atoms with van der Waals surface area (Å²) in [5.74, 6) is 0.749. The van der Waals surface area contributed by atoms with Crippen LogP contribution < -0.4 is 9.64 Å². The molecule has 0 aliphatic rings. The number of nitrogens with zero attached hydrogens (tertiary/aromatic N) is 3. The van der Waals surface area contributed by atoms with Gasteiger partial charge in [-0.1, -0.05) is 12.1 Å². The molecule has 27 heavy (non-hydrogen) atoms. The van der Waals surface area contributed by atoms with Crippen LogP contribution in [0.25, 0.3) is 4.85 Å². The van der Waals surface area contributed by atoms with Gasteiger partial charge in [0.05, 0.1) is 25.9 Å². The van der Waals surface area contributed by atoms with Gasteiger partial charge in [0.1, 0.15) is 11.4 Å². The number of carbonyl (C=O) groups is 1. The Bertz CT molecular complexity index is 879. The van der Waals surface area contributed by atoms with Crippen molar-refractivity contribution in [3.8, 4) is 5.75 Å². The van der Waals surface area contributed by atoms with Crippen molar-refractivity contribution < 1.29 is 14.3 Å². The summed E-state index contributed by atoms with van der Waals surface area (Å²) < 4.78 is 11.0. The van der Waals surface area contributed by atoms with E-state index in [-0.39, 0.29) is 6.54 Å². The molecule has 0 aliphatic carbocycles. The number of aryl methyl sites for hydroxylation is 1. The molecule has 6 heteroatoms. The summed E-state index contributed by atoms with van der Waals surface area (Å²) >= 11 is 0. The first kappa shape index (κ1) is 20.2. The quantitative estimate of drug-likeness (QED) is 0.697. The Kier molecular flexibility index (Phi) is 6.06. The number of pyridine rings is 1. The van der Waals surface area contributed by atoms with Gasteiger partial charge in [0.25, 0.3) is 0 Å². The highest BCUT2D eigenvalue weighted by Crippen LogP contribution is 2.28. The predicted molar refractivity (Wildman–Crippen MR) is 105 cm³/mol. The first-order chi connectivity index (χ1) is 12.7. The summed E-state index contributed by atoms with van der Waals surface area (Å²) in [4.78, 5) is 22.3. The molecule has 2 aromatic rings. The third-order valence-electron chi connectivity index (χ3n) is 3.94. The minimum Gasteiger partial charge on any atom is -0.496 e. The molecule has 1 amide bonds. The summed E-state index contributed by atoms with van der Waals surface area (Å²) in [6.45, 7) is 16.7. The molecular formula is C21H25N3O3. The van der Waals surface area contributed by atoms with Gasteiger partial charge in [0, 0.05) is 23.0 Å². The van der Waals surface area contributed by atoms with Crippen LogP contribution in [0.5, 0.6) is 5.75 Å². The van der Waals surface area contributed by atoms with E-state index in [1.165, 1.54) is 4.90 Å². The van der Waals surface area contributed by atoms with E-state index in [0.717, 1.165) is 16.9 Å². The van der Waals surface area contributed by atoms with Gasteiger partial charge in [-0.15, -0.1) is 0 Å². The Hall–Kier alpha value is -3.07.